The van der Waals surface area contributed by atoms with Crippen molar-refractivity contribution in [2.24, 2.45) is 0 Å². The van der Waals surface area contributed by atoms with Crippen molar-refractivity contribution in [2.45, 2.75) is 58.6 Å². The van der Waals surface area contributed by atoms with Crippen molar-refractivity contribution < 1.29 is 19.1 Å². The Morgan fingerprint density at radius 3 is 2.58 bits per heavy atom. The Bertz CT molecular complexity index is 618. The number of benzene rings is 1. The van der Waals surface area contributed by atoms with Gasteiger partial charge < -0.3 is 14.4 Å². The lowest BCUT2D eigenvalue weighted by Crippen LogP contribution is -2.40. The Morgan fingerprint density at radius 2 is 2.00 bits per heavy atom. The molecule has 1 fully saturated rings. The van der Waals surface area contributed by atoms with E-state index < -0.39 is 5.60 Å². The van der Waals surface area contributed by atoms with Crippen molar-refractivity contribution >= 4 is 11.9 Å². The van der Waals surface area contributed by atoms with Gasteiger partial charge in [0.25, 0.3) is 0 Å². The van der Waals surface area contributed by atoms with Crippen LogP contribution in [0, 0.1) is 0 Å². The maximum absolute atomic E-state index is 12.4. The summed E-state index contributed by atoms with van der Waals surface area (Å²) in [6, 6.07) is 5.74. The highest BCUT2D eigenvalue weighted by molar-refractivity contribution is 5.96. The summed E-state index contributed by atoms with van der Waals surface area (Å²) in [6.07, 6.45) is 2.41. The average molecular weight is 333 g/mol. The second kappa shape index (κ2) is 7.24. The number of nitrogens with zero attached hydrogens (tertiary/aromatic N) is 1. The minimum atomic E-state index is -0.490. The predicted octanol–water partition coefficient (Wildman–Crippen LogP) is 3.84. The SMILES string of the molecule is COc1cc(C[C@H]2CCCN2C(=O)OC(C)(C)C)ccc1C(C)=O. The van der Waals surface area contributed by atoms with Crippen LogP contribution in [-0.4, -0.2) is 42.1 Å². The summed E-state index contributed by atoms with van der Waals surface area (Å²) in [5.74, 6) is 0.566. The number of hydrogen-bond donors (Lipinski definition) is 0. The Balaban J connectivity index is 2.12. The van der Waals surface area contributed by atoms with E-state index in [1.54, 1.807) is 13.2 Å². The van der Waals surface area contributed by atoms with Gasteiger partial charge in [0, 0.05) is 12.6 Å². The van der Waals surface area contributed by atoms with Gasteiger partial charge in [-0.05, 0) is 64.7 Å². The van der Waals surface area contributed by atoms with E-state index in [-0.39, 0.29) is 17.9 Å². The van der Waals surface area contributed by atoms with Gasteiger partial charge in [0.15, 0.2) is 5.78 Å². The van der Waals surface area contributed by atoms with Crippen LogP contribution in [-0.2, 0) is 11.2 Å². The van der Waals surface area contributed by atoms with Gasteiger partial charge in [0.05, 0.1) is 12.7 Å². The third kappa shape index (κ3) is 4.49. The average Bonchev–Trinajstić information content (AvgIpc) is 2.93. The largest absolute Gasteiger partial charge is 0.496 e. The molecule has 5 nitrogen and oxygen atoms in total. The Hall–Kier alpha value is -2.04. The number of hydrogen-bond acceptors (Lipinski definition) is 4. The molecule has 0 unspecified atom stereocenters. The van der Waals surface area contributed by atoms with Gasteiger partial charge in [-0.2, -0.15) is 0 Å². The maximum atomic E-state index is 12.4. The molecule has 1 aliphatic heterocycles. The zero-order valence-corrected chi connectivity index (χ0v) is 15.2. The molecule has 132 valence electrons. The Morgan fingerprint density at radius 1 is 1.29 bits per heavy atom. The van der Waals surface area contributed by atoms with E-state index in [1.165, 1.54) is 6.92 Å². The summed E-state index contributed by atoms with van der Waals surface area (Å²) in [5.41, 5.74) is 1.14. The third-order valence-electron chi connectivity index (χ3n) is 4.12. The van der Waals surface area contributed by atoms with Crippen LogP contribution in [0.1, 0.15) is 56.5 Å². The molecule has 24 heavy (non-hydrogen) atoms. The van der Waals surface area contributed by atoms with E-state index in [1.807, 2.05) is 37.8 Å². The van der Waals surface area contributed by atoms with Crippen molar-refractivity contribution in [3.05, 3.63) is 29.3 Å². The summed E-state index contributed by atoms with van der Waals surface area (Å²) in [5, 5.41) is 0. The fourth-order valence-electron chi connectivity index (χ4n) is 3.03. The second-order valence-electron chi connectivity index (χ2n) is 7.26. The first-order valence-electron chi connectivity index (χ1n) is 8.38. The highest BCUT2D eigenvalue weighted by Gasteiger charge is 2.32. The summed E-state index contributed by atoms with van der Waals surface area (Å²) in [7, 11) is 1.56. The van der Waals surface area contributed by atoms with Gasteiger partial charge in [-0.25, -0.2) is 4.79 Å². The molecule has 0 aromatic heterocycles. The third-order valence-corrected chi connectivity index (χ3v) is 4.12. The minimum absolute atomic E-state index is 0.0188. The molecule has 1 amide bonds. The molecule has 0 N–H and O–H groups in total. The van der Waals surface area contributed by atoms with Gasteiger partial charge in [-0.3, -0.25) is 4.79 Å². The van der Waals surface area contributed by atoms with Gasteiger partial charge in [0.2, 0.25) is 0 Å². The lowest BCUT2D eigenvalue weighted by atomic mass is 10.0. The van der Waals surface area contributed by atoms with Crippen LogP contribution in [0.4, 0.5) is 4.79 Å². The molecule has 0 aliphatic carbocycles. The fourth-order valence-corrected chi connectivity index (χ4v) is 3.03. The zero-order chi connectivity index (χ0) is 17.9. The molecule has 1 atom stereocenters. The summed E-state index contributed by atoms with van der Waals surface area (Å²) in [4.78, 5) is 25.8. The van der Waals surface area contributed by atoms with Gasteiger partial charge in [-0.15, -0.1) is 0 Å². The van der Waals surface area contributed by atoms with Gasteiger partial charge in [0.1, 0.15) is 11.4 Å². The van der Waals surface area contributed by atoms with E-state index in [0.717, 1.165) is 31.4 Å². The fraction of sp³-hybridized carbons (Fsp3) is 0.579. The molecule has 0 bridgehead atoms. The van der Waals surface area contributed by atoms with Crippen LogP contribution in [0.5, 0.6) is 5.75 Å². The monoisotopic (exact) mass is 333 g/mol. The van der Waals surface area contributed by atoms with Crippen LogP contribution >= 0.6 is 0 Å². The molecule has 0 radical (unpaired) electrons. The maximum Gasteiger partial charge on any atom is 0.410 e. The smallest absolute Gasteiger partial charge is 0.410 e. The van der Waals surface area contributed by atoms with Crippen molar-refractivity contribution in [3.8, 4) is 5.75 Å². The normalized spacial score (nSPS) is 17.7. The molecule has 1 saturated heterocycles. The topological polar surface area (TPSA) is 55.8 Å². The van der Waals surface area contributed by atoms with Gasteiger partial charge in [-0.1, -0.05) is 6.07 Å². The summed E-state index contributed by atoms with van der Waals surface area (Å²) >= 11 is 0. The van der Waals surface area contributed by atoms with Gasteiger partial charge >= 0.3 is 6.09 Å². The Kier molecular flexibility index (Phi) is 5.52. The first-order chi connectivity index (χ1) is 11.2. The van der Waals surface area contributed by atoms with E-state index in [2.05, 4.69) is 0 Å². The molecule has 1 aliphatic rings. The molecule has 0 saturated carbocycles. The highest BCUT2D eigenvalue weighted by Crippen LogP contribution is 2.27. The van der Waals surface area contributed by atoms with E-state index in [0.29, 0.717) is 11.3 Å². The quantitative estimate of drug-likeness (QED) is 0.786. The number of methoxy groups -OCH3 is 1. The van der Waals surface area contributed by atoms with Crippen LogP contribution in [0.15, 0.2) is 18.2 Å². The number of likely N-dealkylation sites (tertiary alicyclic amines) is 1. The van der Waals surface area contributed by atoms with Crippen molar-refractivity contribution in [2.75, 3.05) is 13.7 Å². The number of amides is 1. The standard InChI is InChI=1S/C19H27NO4/c1-13(21)16-9-8-14(12-17(16)23-5)11-15-7-6-10-20(15)18(22)24-19(2,3)4/h8-9,12,15H,6-7,10-11H2,1-5H3/t15-/m1/s1. The summed E-state index contributed by atoms with van der Waals surface area (Å²) in [6.45, 7) is 7.88. The summed E-state index contributed by atoms with van der Waals surface area (Å²) < 4.78 is 10.8. The lowest BCUT2D eigenvalue weighted by molar-refractivity contribution is 0.0226. The molecule has 1 aromatic carbocycles. The molecule has 0 spiro atoms. The Labute approximate surface area is 143 Å². The predicted molar refractivity (Wildman–Crippen MR) is 92.7 cm³/mol. The zero-order valence-electron chi connectivity index (χ0n) is 15.2. The second-order valence-corrected chi connectivity index (χ2v) is 7.26. The van der Waals surface area contributed by atoms with E-state index in [9.17, 15) is 9.59 Å². The van der Waals surface area contributed by atoms with Crippen LogP contribution in [0.3, 0.4) is 0 Å². The van der Waals surface area contributed by atoms with E-state index in [4.69, 9.17) is 9.47 Å². The van der Waals surface area contributed by atoms with E-state index >= 15 is 0 Å². The van der Waals surface area contributed by atoms with Crippen molar-refractivity contribution in [1.82, 2.24) is 4.90 Å². The number of Topliss-reactive ketones (excluding diaryl/α,β-unsaturated/α-hetero) is 1. The molecule has 5 heteroatoms. The van der Waals surface area contributed by atoms with Crippen LogP contribution < -0.4 is 4.74 Å². The number of ether oxygens (including phenoxy) is 2. The molecular formula is C19H27NO4. The number of carbonyl (C=O) groups is 2. The lowest BCUT2D eigenvalue weighted by Gasteiger charge is -2.28. The minimum Gasteiger partial charge on any atom is -0.496 e. The molecular weight excluding hydrogens is 306 g/mol. The first-order valence-corrected chi connectivity index (χ1v) is 8.38. The number of ketones is 1. The molecule has 1 aromatic rings. The molecule has 1 heterocycles. The number of carbonyl (C=O) groups excluding carboxylic acids is 2. The van der Waals surface area contributed by atoms with Crippen molar-refractivity contribution in [1.29, 1.82) is 0 Å². The highest BCUT2D eigenvalue weighted by atomic mass is 16.6. The first kappa shape index (κ1) is 18.3. The number of rotatable bonds is 4. The van der Waals surface area contributed by atoms with Crippen LogP contribution in [0.25, 0.3) is 0 Å². The van der Waals surface area contributed by atoms with Crippen LogP contribution in [0.2, 0.25) is 0 Å². The van der Waals surface area contributed by atoms with Crippen molar-refractivity contribution in [3.63, 3.8) is 0 Å². The molecule has 2 rings (SSSR count).